The van der Waals surface area contributed by atoms with Crippen molar-refractivity contribution in [2.45, 2.75) is 250 Å². The number of fused-ring (bicyclic) bond motifs is 1. The van der Waals surface area contributed by atoms with Crippen molar-refractivity contribution in [2.75, 3.05) is 33.0 Å². The number of nitrogens with zero attached hydrogens (tertiary/aromatic N) is 3. The molecule has 312 valence electrons. The Hall–Kier alpha value is -0.930. The molecule has 0 N–H and O–H groups in total. The molecule has 9 heteroatoms. The highest BCUT2D eigenvalue weighted by Gasteiger charge is 2.56. The van der Waals surface area contributed by atoms with Crippen LogP contribution in [0.2, 0.25) is 0 Å². The minimum atomic E-state index is -0.737. The van der Waals surface area contributed by atoms with Crippen LogP contribution in [-0.4, -0.2) is 69.5 Å². The lowest BCUT2D eigenvalue weighted by atomic mass is 9.99. The molecule has 0 spiro atoms. The summed E-state index contributed by atoms with van der Waals surface area (Å²) in [5, 5.41) is 3.65. The lowest BCUT2D eigenvalue weighted by molar-refractivity contribution is -0.293. The SMILES string of the molecule is CCCCCCCCCCCCCCCCOC[C@H]1O[C@@H](OCCCN=[N+]=[N-])[C@H](OCCCCCCCCCCCCCCCC)[C@H]2OC(C)(C)O[C@H]21. The Morgan fingerprint density at radius 1 is 0.528 bits per heavy atom. The van der Waals surface area contributed by atoms with Crippen LogP contribution in [0, 0.1) is 0 Å². The highest BCUT2D eigenvalue weighted by molar-refractivity contribution is 4.97. The van der Waals surface area contributed by atoms with Gasteiger partial charge in [0, 0.05) is 31.3 Å². The van der Waals surface area contributed by atoms with E-state index in [0.29, 0.717) is 32.8 Å². The minimum Gasteiger partial charge on any atom is -0.379 e. The van der Waals surface area contributed by atoms with Gasteiger partial charge in [-0.05, 0) is 38.6 Å². The molecule has 0 saturated carbocycles. The summed E-state index contributed by atoms with van der Waals surface area (Å²) < 4.78 is 38.3. The minimum absolute atomic E-state index is 0.286. The lowest BCUT2D eigenvalue weighted by Gasteiger charge is -2.41. The highest BCUT2D eigenvalue weighted by atomic mass is 16.8. The zero-order valence-electron chi connectivity index (χ0n) is 35.2. The first-order valence-electron chi connectivity index (χ1n) is 22.8. The van der Waals surface area contributed by atoms with Gasteiger partial charge in [-0.25, -0.2) is 0 Å². The number of unbranched alkanes of at least 4 members (excludes halogenated alkanes) is 26. The fraction of sp³-hybridized carbons (Fsp3) is 1.00. The molecular weight excluding hydrogens is 666 g/mol. The van der Waals surface area contributed by atoms with E-state index >= 15 is 0 Å². The maximum atomic E-state index is 8.67. The van der Waals surface area contributed by atoms with Crippen molar-refractivity contribution in [1.29, 1.82) is 0 Å². The van der Waals surface area contributed by atoms with E-state index in [1.54, 1.807) is 0 Å². The molecule has 9 nitrogen and oxygen atoms in total. The standard InChI is InChI=1S/C44H85N3O6/c1-5-7-9-11-13-15-17-19-21-23-25-27-29-31-35-48-38-39-40-41(53-44(3,4)52-40)42(43(51-39)50-37-33-34-46-47-45)49-36-32-30-28-26-24-22-20-18-16-14-12-10-8-6-2/h39-43H,5-38H2,1-4H3/t39-,40+,41+,42-,43-/m1/s1. The summed E-state index contributed by atoms with van der Waals surface area (Å²) in [6, 6.07) is 0. The van der Waals surface area contributed by atoms with Crippen molar-refractivity contribution < 1.29 is 28.4 Å². The molecule has 5 atom stereocenters. The topological polar surface area (TPSA) is 104 Å². The second-order valence-corrected chi connectivity index (χ2v) is 16.4. The van der Waals surface area contributed by atoms with Gasteiger partial charge in [0.05, 0.1) is 6.61 Å². The third-order valence-corrected chi connectivity index (χ3v) is 10.9. The summed E-state index contributed by atoms with van der Waals surface area (Å²) >= 11 is 0. The van der Waals surface area contributed by atoms with Crippen LogP contribution in [0.4, 0.5) is 0 Å². The van der Waals surface area contributed by atoms with Crippen molar-refractivity contribution in [3.05, 3.63) is 10.4 Å². The first-order valence-corrected chi connectivity index (χ1v) is 22.8. The molecule has 0 aliphatic carbocycles. The van der Waals surface area contributed by atoms with E-state index in [1.807, 2.05) is 13.8 Å². The molecule has 2 heterocycles. The molecule has 0 unspecified atom stereocenters. The number of hydrogen-bond donors (Lipinski definition) is 0. The van der Waals surface area contributed by atoms with Crippen molar-refractivity contribution >= 4 is 0 Å². The van der Waals surface area contributed by atoms with Crippen molar-refractivity contribution in [3.8, 4) is 0 Å². The summed E-state index contributed by atoms with van der Waals surface area (Å²) in [6.07, 6.45) is 36.1. The van der Waals surface area contributed by atoms with Gasteiger partial charge in [-0.2, -0.15) is 0 Å². The quantitative estimate of drug-likeness (QED) is 0.0269. The van der Waals surface area contributed by atoms with E-state index in [4.69, 9.17) is 34.0 Å². The number of ether oxygens (including phenoxy) is 6. The molecule has 0 aromatic rings. The van der Waals surface area contributed by atoms with Gasteiger partial charge >= 0.3 is 0 Å². The third-order valence-electron chi connectivity index (χ3n) is 10.9. The number of rotatable bonds is 38. The molecule has 0 radical (unpaired) electrons. The molecule has 0 aromatic heterocycles. The smallest absolute Gasteiger partial charge is 0.186 e. The summed E-state index contributed by atoms with van der Waals surface area (Å²) in [7, 11) is 0. The van der Waals surface area contributed by atoms with E-state index in [9.17, 15) is 0 Å². The lowest BCUT2D eigenvalue weighted by Crippen LogP contribution is -2.59. The van der Waals surface area contributed by atoms with Gasteiger partial charge in [0.1, 0.15) is 24.4 Å². The van der Waals surface area contributed by atoms with Gasteiger partial charge in [-0.15, -0.1) is 0 Å². The maximum absolute atomic E-state index is 8.67. The molecule has 53 heavy (non-hydrogen) atoms. The van der Waals surface area contributed by atoms with Crippen LogP contribution in [0.3, 0.4) is 0 Å². The van der Waals surface area contributed by atoms with Gasteiger partial charge in [-0.1, -0.05) is 186 Å². The van der Waals surface area contributed by atoms with Crippen molar-refractivity contribution in [2.24, 2.45) is 5.11 Å². The van der Waals surface area contributed by atoms with Gasteiger partial charge in [0.2, 0.25) is 0 Å². The Morgan fingerprint density at radius 2 is 0.943 bits per heavy atom. The molecule has 2 aliphatic rings. The normalized spacial score (nSPS) is 22.2. The average molecular weight is 752 g/mol. The Kier molecular flexibility index (Phi) is 30.2. The molecule has 0 aromatic carbocycles. The summed E-state index contributed by atoms with van der Waals surface area (Å²) in [6.45, 7) is 11.1. The molecule has 0 bridgehead atoms. The summed E-state index contributed by atoms with van der Waals surface area (Å²) in [5.74, 6) is -0.737. The summed E-state index contributed by atoms with van der Waals surface area (Å²) in [4.78, 5) is 2.86. The predicted octanol–water partition coefficient (Wildman–Crippen LogP) is 13.3. The Bertz CT molecular complexity index is 872. The van der Waals surface area contributed by atoms with Crippen molar-refractivity contribution in [3.63, 3.8) is 0 Å². The fourth-order valence-corrected chi connectivity index (χ4v) is 7.78. The van der Waals surface area contributed by atoms with E-state index < -0.39 is 18.2 Å². The fourth-order valence-electron chi connectivity index (χ4n) is 7.78. The Morgan fingerprint density at radius 3 is 1.42 bits per heavy atom. The zero-order valence-corrected chi connectivity index (χ0v) is 35.2. The van der Waals surface area contributed by atoms with Gasteiger partial charge in [-0.3, -0.25) is 0 Å². The van der Waals surface area contributed by atoms with Crippen LogP contribution in [0.15, 0.2) is 5.11 Å². The number of hydrogen-bond acceptors (Lipinski definition) is 7. The first kappa shape index (κ1) is 48.2. The van der Waals surface area contributed by atoms with Gasteiger partial charge in [0.15, 0.2) is 12.1 Å². The molecule has 2 rings (SSSR count). The molecule has 0 amide bonds. The second kappa shape index (κ2) is 33.2. The van der Waals surface area contributed by atoms with E-state index in [0.717, 1.165) is 25.9 Å². The summed E-state index contributed by atoms with van der Waals surface area (Å²) in [5.41, 5.74) is 8.67. The van der Waals surface area contributed by atoms with Crippen LogP contribution in [0.5, 0.6) is 0 Å². The predicted molar refractivity (Wildman–Crippen MR) is 218 cm³/mol. The molecular formula is C44H85N3O6. The highest BCUT2D eigenvalue weighted by Crippen LogP contribution is 2.39. The first-order chi connectivity index (χ1) is 26.0. The largest absolute Gasteiger partial charge is 0.379 e. The van der Waals surface area contributed by atoms with E-state index in [2.05, 4.69) is 23.9 Å². The van der Waals surface area contributed by atoms with E-state index in [-0.39, 0.29) is 18.3 Å². The van der Waals surface area contributed by atoms with Crippen molar-refractivity contribution in [1.82, 2.24) is 0 Å². The second-order valence-electron chi connectivity index (χ2n) is 16.4. The van der Waals surface area contributed by atoms with Crippen LogP contribution in [0.1, 0.15) is 214 Å². The number of azide groups is 1. The van der Waals surface area contributed by atoms with E-state index in [1.165, 1.54) is 161 Å². The average Bonchev–Trinajstić information content (AvgIpc) is 3.48. The van der Waals surface area contributed by atoms with Crippen LogP contribution >= 0.6 is 0 Å². The van der Waals surface area contributed by atoms with Gasteiger partial charge < -0.3 is 28.4 Å². The van der Waals surface area contributed by atoms with Gasteiger partial charge in [0.25, 0.3) is 0 Å². The van der Waals surface area contributed by atoms with Crippen LogP contribution in [0.25, 0.3) is 10.4 Å². The molecule has 2 aliphatic heterocycles. The maximum Gasteiger partial charge on any atom is 0.186 e. The van der Waals surface area contributed by atoms with Crippen LogP contribution in [-0.2, 0) is 28.4 Å². The third kappa shape index (κ3) is 24.3. The monoisotopic (exact) mass is 752 g/mol. The molecule has 2 fully saturated rings. The zero-order chi connectivity index (χ0) is 38.1. The Labute approximate surface area is 326 Å². The molecule has 2 saturated heterocycles. The van der Waals surface area contributed by atoms with Crippen LogP contribution < -0.4 is 0 Å². The Balaban J connectivity index is 1.66.